The van der Waals surface area contributed by atoms with E-state index in [0.29, 0.717) is 5.56 Å². The zero-order valence-corrected chi connectivity index (χ0v) is 10.4. The van der Waals surface area contributed by atoms with Crippen molar-refractivity contribution in [2.75, 3.05) is 13.7 Å². The van der Waals surface area contributed by atoms with Gasteiger partial charge in [0.15, 0.2) is 0 Å². The molecule has 19 heavy (non-hydrogen) atoms. The number of carbonyl (C=O) groups excluding carboxylic acids is 2. The number of amides is 2. The number of hydrogen-bond donors (Lipinski definition) is 2. The van der Waals surface area contributed by atoms with Crippen LogP contribution in [0.3, 0.4) is 0 Å². The Hall–Kier alpha value is -2.48. The van der Waals surface area contributed by atoms with Crippen LogP contribution in [0.15, 0.2) is 18.2 Å². The van der Waals surface area contributed by atoms with Crippen molar-refractivity contribution < 1.29 is 19.3 Å². The van der Waals surface area contributed by atoms with Crippen LogP contribution in [0.4, 0.5) is 5.69 Å². The maximum atomic E-state index is 11.7. The molecule has 0 spiro atoms. The van der Waals surface area contributed by atoms with Crippen molar-refractivity contribution in [1.29, 1.82) is 0 Å². The molecule has 8 heteroatoms. The predicted octanol–water partition coefficient (Wildman–Crippen LogP) is 0.311. The van der Waals surface area contributed by atoms with E-state index >= 15 is 0 Å². The number of hydrogen-bond acceptors (Lipinski definition) is 5. The quantitative estimate of drug-likeness (QED) is 0.589. The fourth-order valence-corrected chi connectivity index (χ4v) is 1.36. The van der Waals surface area contributed by atoms with Crippen molar-refractivity contribution in [3.05, 3.63) is 39.4 Å². The zero-order valence-electron chi connectivity index (χ0n) is 10.4. The van der Waals surface area contributed by atoms with Gasteiger partial charge in [0.05, 0.1) is 18.6 Å². The Kier molecular flexibility index (Phi) is 4.95. The first-order valence-corrected chi connectivity index (χ1v) is 5.30. The number of rotatable bonds is 5. The molecular weight excluding hydrogens is 254 g/mol. The lowest BCUT2D eigenvalue weighted by Gasteiger charge is -2.05. The molecule has 0 radical (unpaired) electrons. The second-order valence-electron chi connectivity index (χ2n) is 3.67. The lowest BCUT2D eigenvalue weighted by molar-refractivity contribution is -0.385. The molecule has 0 aromatic heterocycles. The van der Waals surface area contributed by atoms with Gasteiger partial charge in [0.2, 0.25) is 0 Å². The molecule has 0 saturated heterocycles. The largest absolute Gasteiger partial charge is 0.343 e. The Labute approximate surface area is 108 Å². The van der Waals surface area contributed by atoms with Crippen molar-refractivity contribution in [1.82, 2.24) is 10.8 Å². The Morgan fingerprint density at radius 3 is 2.68 bits per heavy atom. The van der Waals surface area contributed by atoms with Gasteiger partial charge < -0.3 is 5.32 Å². The predicted molar refractivity (Wildman–Crippen MR) is 65.3 cm³/mol. The molecule has 0 aliphatic carbocycles. The lowest BCUT2D eigenvalue weighted by Crippen LogP contribution is -2.36. The molecule has 1 aromatic carbocycles. The summed E-state index contributed by atoms with van der Waals surface area (Å²) in [7, 11) is 1.27. The van der Waals surface area contributed by atoms with Gasteiger partial charge in [0, 0.05) is 17.2 Å². The Balaban J connectivity index is 2.75. The average molecular weight is 267 g/mol. The summed E-state index contributed by atoms with van der Waals surface area (Å²) in [5.74, 6) is -1.10. The minimum Gasteiger partial charge on any atom is -0.343 e. The second-order valence-corrected chi connectivity index (χ2v) is 3.67. The minimum atomic E-state index is -0.575. The van der Waals surface area contributed by atoms with Gasteiger partial charge in [-0.3, -0.25) is 24.5 Å². The maximum Gasteiger partial charge on any atom is 0.273 e. The summed E-state index contributed by atoms with van der Waals surface area (Å²) in [5.41, 5.74) is 2.46. The van der Waals surface area contributed by atoms with Gasteiger partial charge in [0.1, 0.15) is 0 Å². The van der Waals surface area contributed by atoms with Gasteiger partial charge in [-0.1, -0.05) is 6.07 Å². The number of benzene rings is 1. The van der Waals surface area contributed by atoms with Crippen LogP contribution in [-0.4, -0.2) is 30.4 Å². The first kappa shape index (κ1) is 14.6. The van der Waals surface area contributed by atoms with E-state index in [2.05, 4.69) is 10.2 Å². The summed E-state index contributed by atoms with van der Waals surface area (Å²) < 4.78 is 0. The molecule has 102 valence electrons. The molecule has 0 saturated carbocycles. The molecule has 0 bridgehead atoms. The summed E-state index contributed by atoms with van der Waals surface area (Å²) in [6.45, 7) is 1.29. The Morgan fingerprint density at radius 1 is 1.42 bits per heavy atom. The van der Waals surface area contributed by atoms with Crippen LogP contribution in [0.1, 0.15) is 15.9 Å². The topological polar surface area (TPSA) is 111 Å². The standard InChI is InChI=1S/C11H13N3O5/c1-7-3-4-8(5-9(7)14(17)18)11(16)12-6-10(15)13-19-2/h3-5H,6H2,1-2H3,(H,12,16)(H,13,15). The van der Waals surface area contributed by atoms with E-state index in [9.17, 15) is 19.7 Å². The first-order valence-electron chi connectivity index (χ1n) is 5.30. The third-order valence-electron chi connectivity index (χ3n) is 2.29. The molecule has 0 unspecified atom stereocenters. The van der Waals surface area contributed by atoms with Gasteiger partial charge in [-0.25, -0.2) is 5.48 Å². The van der Waals surface area contributed by atoms with Crippen LogP contribution in [-0.2, 0) is 9.63 Å². The van der Waals surface area contributed by atoms with Gasteiger partial charge in [0.25, 0.3) is 17.5 Å². The molecule has 1 aromatic rings. The van der Waals surface area contributed by atoms with Crippen LogP contribution in [0.25, 0.3) is 0 Å². The second kappa shape index (κ2) is 6.45. The number of nitrogens with zero attached hydrogens (tertiary/aromatic N) is 1. The van der Waals surface area contributed by atoms with Crippen LogP contribution in [0.5, 0.6) is 0 Å². The number of nitro groups is 1. The summed E-state index contributed by atoms with van der Waals surface area (Å²) >= 11 is 0. The van der Waals surface area contributed by atoms with Gasteiger partial charge >= 0.3 is 0 Å². The summed E-state index contributed by atoms with van der Waals surface area (Å²) in [4.78, 5) is 37.3. The van der Waals surface area contributed by atoms with Crippen molar-refractivity contribution in [3.8, 4) is 0 Å². The minimum absolute atomic E-state index is 0.113. The molecule has 8 nitrogen and oxygen atoms in total. The van der Waals surface area contributed by atoms with E-state index in [1.807, 2.05) is 5.48 Å². The summed E-state index contributed by atoms with van der Waals surface area (Å²) in [6.07, 6.45) is 0. The first-order chi connectivity index (χ1) is 8.95. The van der Waals surface area contributed by atoms with Gasteiger partial charge in [-0.05, 0) is 13.0 Å². The van der Waals surface area contributed by atoms with Crippen molar-refractivity contribution in [2.45, 2.75) is 6.92 Å². The highest BCUT2D eigenvalue weighted by molar-refractivity contribution is 5.97. The van der Waals surface area contributed by atoms with E-state index in [1.54, 1.807) is 6.92 Å². The molecule has 0 atom stereocenters. The SMILES string of the molecule is CONC(=O)CNC(=O)c1ccc(C)c([N+](=O)[O-])c1. The fourth-order valence-electron chi connectivity index (χ4n) is 1.36. The zero-order chi connectivity index (χ0) is 14.4. The van der Waals surface area contributed by atoms with Crippen molar-refractivity contribution in [2.24, 2.45) is 0 Å². The van der Waals surface area contributed by atoms with Crippen molar-refractivity contribution in [3.63, 3.8) is 0 Å². The van der Waals surface area contributed by atoms with Crippen LogP contribution in [0.2, 0.25) is 0 Å². The third-order valence-corrected chi connectivity index (χ3v) is 2.29. The lowest BCUT2D eigenvalue weighted by atomic mass is 10.1. The Bertz CT molecular complexity index is 515. The van der Waals surface area contributed by atoms with Crippen LogP contribution < -0.4 is 10.8 Å². The highest BCUT2D eigenvalue weighted by Gasteiger charge is 2.15. The fraction of sp³-hybridized carbons (Fsp3) is 0.273. The molecule has 2 amide bonds. The van der Waals surface area contributed by atoms with Crippen LogP contribution >= 0.6 is 0 Å². The molecule has 1 rings (SSSR count). The van der Waals surface area contributed by atoms with E-state index in [-0.39, 0.29) is 17.8 Å². The third kappa shape index (κ3) is 4.03. The molecule has 0 fully saturated rings. The van der Waals surface area contributed by atoms with Crippen LogP contribution in [0, 0.1) is 17.0 Å². The average Bonchev–Trinajstić information content (AvgIpc) is 2.36. The molecule has 0 aliphatic heterocycles. The highest BCUT2D eigenvalue weighted by Crippen LogP contribution is 2.18. The number of nitro benzene ring substituents is 1. The Morgan fingerprint density at radius 2 is 2.11 bits per heavy atom. The van der Waals surface area contributed by atoms with Crippen molar-refractivity contribution >= 4 is 17.5 Å². The smallest absolute Gasteiger partial charge is 0.273 e. The van der Waals surface area contributed by atoms with E-state index in [0.717, 1.165) is 0 Å². The summed E-state index contributed by atoms with van der Waals surface area (Å²) in [5, 5.41) is 13.1. The molecule has 2 N–H and O–H groups in total. The van der Waals surface area contributed by atoms with E-state index in [4.69, 9.17) is 0 Å². The molecular formula is C11H13N3O5. The number of aryl methyl sites for hydroxylation is 1. The normalized spacial score (nSPS) is 9.79. The number of nitrogens with one attached hydrogen (secondary N) is 2. The van der Waals surface area contributed by atoms with Gasteiger partial charge in [-0.15, -0.1) is 0 Å². The van der Waals surface area contributed by atoms with E-state index < -0.39 is 16.7 Å². The highest BCUT2D eigenvalue weighted by atomic mass is 16.6. The monoisotopic (exact) mass is 267 g/mol. The molecule has 0 heterocycles. The van der Waals surface area contributed by atoms with Gasteiger partial charge in [-0.2, -0.15) is 0 Å². The molecule has 0 aliphatic rings. The maximum absolute atomic E-state index is 11.7. The number of carbonyl (C=O) groups is 2. The number of hydroxylamine groups is 1. The van der Waals surface area contributed by atoms with E-state index in [1.165, 1.54) is 25.3 Å². The summed E-state index contributed by atoms with van der Waals surface area (Å²) in [6, 6.07) is 4.09.